The first-order valence-electron chi connectivity index (χ1n) is 6.77. The first kappa shape index (κ1) is 15.8. The molecule has 0 aliphatic carbocycles. The van der Waals surface area contributed by atoms with Crippen LogP contribution in [0.15, 0.2) is 34.7 Å². The summed E-state index contributed by atoms with van der Waals surface area (Å²) in [4.78, 5) is 23.5. The van der Waals surface area contributed by atoms with Gasteiger partial charge in [-0.2, -0.15) is 0 Å². The molecule has 1 aromatic heterocycles. The van der Waals surface area contributed by atoms with E-state index in [1.807, 2.05) is 18.4 Å². The molecule has 116 valence electrons. The van der Waals surface area contributed by atoms with Crippen LogP contribution < -0.4 is 5.32 Å². The highest BCUT2D eigenvalue weighted by molar-refractivity contribution is 5.97. The summed E-state index contributed by atoms with van der Waals surface area (Å²) in [6, 6.07) is 8.34. The summed E-state index contributed by atoms with van der Waals surface area (Å²) >= 11 is 0. The van der Waals surface area contributed by atoms with Crippen LogP contribution in [0.25, 0.3) is 11.3 Å². The molecule has 0 radical (unpaired) electrons. The highest BCUT2D eigenvalue weighted by atomic mass is 16.5. The van der Waals surface area contributed by atoms with Crippen molar-refractivity contribution in [2.75, 3.05) is 21.3 Å². The van der Waals surface area contributed by atoms with Crippen LogP contribution in [0, 0.1) is 0 Å². The standard InChI is InChI=1S/C16H17NO5/c1-17-9-13-4-5-14(22-13)10-6-11(15(18)20-2)8-12(7-10)16(19)21-3/h4-8,17H,9H2,1-3H3/p+1. The lowest BCUT2D eigenvalue weighted by Gasteiger charge is -2.06. The maximum atomic E-state index is 11.8. The zero-order chi connectivity index (χ0) is 16.1. The van der Waals surface area contributed by atoms with Crippen molar-refractivity contribution in [3.63, 3.8) is 0 Å². The second kappa shape index (κ2) is 6.91. The Labute approximate surface area is 128 Å². The molecule has 2 N–H and O–H groups in total. The number of quaternary nitrogens is 1. The molecule has 0 spiro atoms. The molecule has 0 atom stereocenters. The predicted octanol–water partition coefficient (Wildman–Crippen LogP) is 1.21. The number of rotatable bonds is 5. The third-order valence-electron chi connectivity index (χ3n) is 3.13. The molecule has 0 saturated heterocycles. The van der Waals surface area contributed by atoms with E-state index in [4.69, 9.17) is 13.9 Å². The van der Waals surface area contributed by atoms with Crippen LogP contribution >= 0.6 is 0 Å². The SMILES string of the molecule is C[NH2+]Cc1ccc(-c2cc(C(=O)OC)cc(C(=O)OC)c2)o1. The molecule has 6 nitrogen and oxygen atoms in total. The molecule has 2 rings (SSSR count). The number of carbonyl (C=O) groups is 2. The minimum absolute atomic E-state index is 0.264. The van der Waals surface area contributed by atoms with Gasteiger partial charge in [0.15, 0.2) is 5.76 Å². The average Bonchev–Trinajstić information content (AvgIpc) is 3.02. The van der Waals surface area contributed by atoms with Gasteiger partial charge in [0.05, 0.1) is 32.4 Å². The molecule has 6 heteroatoms. The van der Waals surface area contributed by atoms with E-state index in [2.05, 4.69) is 0 Å². The van der Waals surface area contributed by atoms with Gasteiger partial charge < -0.3 is 19.2 Å². The topological polar surface area (TPSA) is 82.3 Å². The van der Waals surface area contributed by atoms with Crippen LogP contribution in [0.2, 0.25) is 0 Å². The number of carbonyl (C=O) groups excluding carboxylic acids is 2. The van der Waals surface area contributed by atoms with Gasteiger partial charge in [-0.3, -0.25) is 0 Å². The second-order valence-corrected chi connectivity index (χ2v) is 4.66. The van der Waals surface area contributed by atoms with Crippen LogP contribution in [0.5, 0.6) is 0 Å². The summed E-state index contributed by atoms with van der Waals surface area (Å²) in [7, 11) is 4.51. The Balaban J connectivity index is 2.48. The molecule has 0 saturated carbocycles. The first-order chi connectivity index (χ1) is 10.6. The van der Waals surface area contributed by atoms with Gasteiger partial charge in [-0.15, -0.1) is 0 Å². The molecule has 0 unspecified atom stereocenters. The number of ether oxygens (including phenoxy) is 2. The number of hydrogen-bond donors (Lipinski definition) is 1. The summed E-state index contributed by atoms with van der Waals surface area (Å²) in [5.41, 5.74) is 1.14. The van der Waals surface area contributed by atoms with Crippen molar-refractivity contribution < 1.29 is 28.8 Å². The lowest BCUT2D eigenvalue weighted by atomic mass is 10.0. The van der Waals surface area contributed by atoms with Crippen LogP contribution in [-0.2, 0) is 16.0 Å². The number of benzene rings is 1. The van der Waals surface area contributed by atoms with Crippen LogP contribution in [-0.4, -0.2) is 33.2 Å². The molecule has 0 aliphatic heterocycles. The van der Waals surface area contributed by atoms with Gasteiger partial charge in [-0.25, -0.2) is 9.59 Å². The normalized spacial score (nSPS) is 10.3. The maximum Gasteiger partial charge on any atom is 0.337 e. The summed E-state index contributed by atoms with van der Waals surface area (Å²) in [5.74, 6) is 0.328. The van der Waals surface area contributed by atoms with Gasteiger partial charge in [-0.05, 0) is 30.3 Å². The summed E-state index contributed by atoms with van der Waals surface area (Å²) in [6.45, 7) is 0.709. The van der Waals surface area contributed by atoms with Crippen LogP contribution in [0.3, 0.4) is 0 Å². The molecule has 2 aromatic rings. The molecule has 0 amide bonds. The number of nitrogens with two attached hydrogens (primary N) is 1. The van der Waals surface area contributed by atoms with E-state index in [1.54, 1.807) is 18.2 Å². The van der Waals surface area contributed by atoms with Crippen molar-refractivity contribution in [3.8, 4) is 11.3 Å². The summed E-state index contributed by atoms with van der Waals surface area (Å²) in [6.07, 6.45) is 0. The zero-order valence-electron chi connectivity index (χ0n) is 12.7. The molecule has 0 fully saturated rings. The zero-order valence-corrected chi connectivity index (χ0v) is 12.7. The van der Waals surface area contributed by atoms with Crippen molar-refractivity contribution in [2.45, 2.75) is 6.54 Å². The second-order valence-electron chi connectivity index (χ2n) is 4.66. The maximum absolute atomic E-state index is 11.8. The molecule has 1 aromatic carbocycles. The van der Waals surface area contributed by atoms with E-state index >= 15 is 0 Å². The van der Waals surface area contributed by atoms with Gasteiger partial charge in [0, 0.05) is 5.56 Å². The van der Waals surface area contributed by atoms with Gasteiger partial charge in [-0.1, -0.05) is 0 Å². The molecule has 22 heavy (non-hydrogen) atoms. The van der Waals surface area contributed by atoms with E-state index in [1.165, 1.54) is 20.3 Å². The van der Waals surface area contributed by atoms with E-state index in [0.717, 1.165) is 5.76 Å². The van der Waals surface area contributed by atoms with Crippen molar-refractivity contribution >= 4 is 11.9 Å². The van der Waals surface area contributed by atoms with Crippen molar-refractivity contribution in [3.05, 3.63) is 47.2 Å². The highest BCUT2D eigenvalue weighted by Crippen LogP contribution is 2.25. The number of furan rings is 1. The van der Waals surface area contributed by atoms with Crippen LogP contribution in [0.1, 0.15) is 26.5 Å². The Bertz CT molecular complexity index is 655. The van der Waals surface area contributed by atoms with Gasteiger partial charge in [0.1, 0.15) is 12.3 Å². The van der Waals surface area contributed by atoms with Crippen LogP contribution in [0.4, 0.5) is 0 Å². The quantitative estimate of drug-likeness (QED) is 0.840. The van der Waals surface area contributed by atoms with Crippen molar-refractivity contribution in [1.82, 2.24) is 0 Å². The number of hydrogen-bond acceptors (Lipinski definition) is 5. The van der Waals surface area contributed by atoms with E-state index < -0.39 is 11.9 Å². The Morgan fingerprint density at radius 2 is 1.64 bits per heavy atom. The third-order valence-corrected chi connectivity index (χ3v) is 3.13. The molecule has 1 heterocycles. The third kappa shape index (κ3) is 3.35. The first-order valence-corrected chi connectivity index (χ1v) is 6.77. The fourth-order valence-electron chi connectivity index (χ4n) is 2.09. The smallest absolute Gasteiger partial charge is 0.337 e. The minimum atomic E-state index is -0.527. The van der Waals surface area contributed by atoms with Gasteiger partial charge in [0.2, 0.25) is 0 Å². The van der Waals surface area contributed by atoms with Gasteiger partial charge >= 0.3 is 11.9 Å². The molecular weight excluding hydrogens is 286 g/mol. The molecule has 0 aliphatic rings. The Morgan fingerprint density at radius 3 is 2.14 bits per heavy atom. The Morgan fingerprint density at radius 1 is 1.05 bits per heavy atom. The number of methoxy groups -OCH3 is 2. The Kier molecular flexibility index (Phi) is 4.95. The summed E-state index contributed by atoms with van der Waals surface area (Å²) in [5, 5.41) is 1.98. The fourth-order valence-corrected chi connectivity index (χ4v) is 2.09. The summed E-state index contributed by atoms with van der Waals surface area (Å²) < 4.78 is 15.1. The minimum Gasteiger partial charge on any atom is -0.465 e. The lowest BCUT2D eigenvalue weighted by Crippen LogP contribution is -2.77. The monoisotopic (exact) mass is 304 g/mol. The number of esters is 2. The highest BCUT2D eigenvalue weighted by Gasteiger charge is 2.16. The molecular formula is C16H18NO5+. The van der Waals surface area contributed by atoms with Gasteiger partial charge in [0.25, 0.3) is 0 Å². The largest absolute Gasteiger partial charge is 0.465 e. The predicted molar refractivity (Wildman–Crippen MR) is 78.4 cm³/mol. The lowest BCUT2D eigenvalue weighted by molar-refractivity contribution is -0.645. The molecule has 0 bridgehead atoms. The van der Waals surface area contributed by atoms with E-state index in [9.17, 15) is 9.59 Å². The van der Waals surface area contributed by atoms with E-state index in [0.29, 0.717) is 17.9 Å². The van der Waals surface area contributed by atoms with Crippen molar-refractivity contribution in [1.29, 1.82) is 0 Å². The van der Waals surface area contributed by atoms with Crippen molar-refractivity contribution in [2.24, 2.45) is 0 Å². The average molecular weight is 304 g/mol. The van der Waals surface area contributed by atoms with E-state index in [-0.39, 0.29) is 11.1 Å². The fraction of sp³-hybridized carbons (Fsp3) is 0.250. The Hall–Kier alpha value is -2.60.